The first-order valence-electron chi connectivity index (χ1n) is 27.4. The van der Waals surface area contributed by atoms with Gasteiger partial charge in [0.25, 0.3) is 11.8 Å². The molecule has 0 aliphatic carbocycles. The van der Waals surface area contributed by atoms with Gasteiger partial charge in [-0.1, -0.05) is 125 Å². The summed E-state index contributed by atoms with van der Waals surface area (Å²) in [5.41, 5.74) is 9.15. The van der Waals surface area contributed by atoms with Crippen LogP contribution in [0.2, 0.25) is 0 Å². The number of hydrogen-bond donors (Lipinski definition) is 7. The zero-order valence-electron chi connectivity index (χ0n) is 47.2. The number of para-hydroxylation sites is 2. The van der Waals surface area contributed by atoms with Crippen molar-refractivity contribution in [3.8, 4) is 44.8 Å². The quantitative estimate of drug-likeness (QED) is 0.0282. The molecule has 8 aromatic rings. The van der Waals surface area contributed by atoms with Gasteiger partial charge in [0, 0.05) is 65.8 Å². The first-order chi connectivity index (χ1) is 39.7. The molecule has 2 heterocycles. The van der Waals surface area contributed by atoms with E-state index in [1.165, 1.54) is 24.3 Å². The summed E-state index contributed by atoms with van der Waals surface area (Å²) in [6.45, 7) is 8.30. The average Bonchev–Trinajstić information content (AvgIpc) is 1.81. The van der Waals surface area contributed by atoms with E-state index in [1.54, 1.807) is 48.5 Å². The number of hydrogen-bond acceptors (Lipinski definition) is 11. The summed E-state index contributed by atoms with van der Waals surface area (Å²) in [6, 6.07) is 49.1. The topological polar surface area (TPSA) is 249 Å². The molecule has 2 amide bonds. The van der Waals surface area contributed by atoms with E-state index in [0.29, 0.717) is 61.8 Å². The molecule has 15 nitrogen and oxygen atoms in total. The minimum Gasteiger partial charge on any atom is -0.550 e. The Kier molecular flexibility index (Phi) is 24.3. The number of rotatable bonds is 24. The third kappa shape index (κ3) is 16.9. The fourth-order valence-corrected chi connectivity index (χ4v) is 10.4. The zero-order chi connectivity index (χ0) is 59.9. The molecule has 0 fully saturated rings. The van der Waals surface area contributed by atoms with Crippen LogP contribution in [0.25, 0.3) is 44.8 Å². The summed E-state index contributed by atoms with van der Waals surface area (Å²) in [4.78, 5) is 49.9. The van der Waals surface area contributed by atoms with E-state index >= 15 is 0 Å². The molecule has 6 aromatic carbocycles. The summed E-state index contributed by atoms with van der Waals surface area (Å²) in [7, 11) is 0. The Morgan fingerprint density at radius 2 is 0.821 bits per heavy atom. The molecule has 434 valence electrons. The van der Waals surface area contributed by atoms with E-state index < -0.39 is 66.9 Å². The number of benzene rings is 6. The molecule has 1 unspecified atom stereocenters. The maximum Gasteiger partial charge on any atom is 2.00 e. The third-order valence-electron chi connectivity index (χ3n) is 14.0. The number of carboxylic acid groups (broad SMARTS) is 2. The molecule has 18 heteroatoms. The third-order valence-corrected chi connectivity index (χ3v) is 14.0. The molecular formula is C66H68CaF2N4O11. The van der Waals surface area contributed by atoms with Crippen molar-refractivity contribution in [2.45, 2.75) is 115 Å². The van der Waals surface area contributed by atoms with Gasteiger partial charge in [0.2, 0.25) is 0 Å². The van der Waals surface area contributed by atoms with Crippen molar-refractivity contribution in [1.29, 1.82) is 0 Å². The predicted octanol–water partition coefficient (Wildman–Crippen LogP) is 8.55. The van der Waals surface area contributed by atoms with Gasteiger partial charge in [0.15, 0.2) is 0 Å². The van der Waals surface area contributed by atoms with Crippen LogP contribution >= 0.6 is 0 Å². The molecule has 0 saturated carbocycles. The standard InChI is InChI=1S/C33H35FN2O6.C33H35FN2O5.Ca/c1-20(2)29-28(32(40)35-24-11-7-4-8-12-24)27(21-9-5-3-6-10-21)30(22-13-15-23(34)16-14-22)36(29)18-17-25(37)19-26(38)31(39)33(41)42;1-21(2)31-30(33(41)35-25-11-7-4-8-12-25)29(22-9-5-3-6-10-22)32(23-13-15-24(34)16-14-23)36(31)18-17-26(37)19-27(38)20-28(39)40;/h3-16,20,25-26,31,37-39H,17-19H2,1-2H3,(H,35,40)(H,41,42);3-16,21,26-27,37-38H,17-20H2,1-2H3,(H,35,41)(H,39,40);/q;;+2/p-2/t25-,26-,31?;26-,27-;/m11./s1. The van der Waals surface area contributed by atoms with E-state index in [1.807, 2.05) is 134 Å². The first kappa shape index (κ1) is 65.8. The van der Waals surface area contributed by atoms with Crippen LogP contribution < -0.4 is 20.8 Å². The van der Waals surface area contributed by atoms with Crippen LogP contribution in [0.15, 0.2) is 170 Å². The summed E-state index contributed by atoms with van der Waals surface area (Å²) >= 11 is 0. The minimum absolute atomic E-state index is 0. The second-order valence-electron chi connectivity index (χ2n) is 20.9. The number of anilines is 2. The summed E-state index contributed by atoms with van der Waals surface area (Å²) in [6.07, 6.45) is -8.14. The molecule has 84 heavy (non-hydrogen) atoms. The number of carbonyl (C=O) groups excluding carboxylic acids is 4. The van der Waals surface area contributed by atoms with E-state index in [9.17, 15) is 63.7 Å². The van der Waals surface area contributed by atoms with Crippen LogP contribution in [0.1, 0.15) is 104 Å². The van der Waals surface area contributed by atoms with Gasteiger partial charge in [-0.2, -0.15) is 0 Å². The number of aliphatic carboxylic acids is 2. The minimum atomic E-state index is -2.13. The van der Waals surface area contributed by atoms with Crippen LogP contribution in [0.3, 0.4) is 0 Å². The Balaban J connectivity index is 0.000000266. The number of aromatic nitrogens is 2. The number of nitrogens with one attached hydrogen (secondary N) is 2. The fourth-order valence-electron chi connectivity index (χ4n) is 10.4. The summed E-state index contributed by atoms with van der Waals surface area (Å²) < 4.78 is 31.9. The second kappa shape index (κ2) is 31.0. The maximum atomic E-state index is 14.1. The second-order valence-corrected chi connectivity index (χ2v) is 20.9. The molecule has 2 aromatic heterocycles. The van der Waals surface area contributed by atoms with Crippen LogP contribution in [0.4, 0.5) is 20.2 Å². The number of carboxylic acids is 2. The van der Waals surface area contributed by atoms with Crippen LogP contribution in [0.5, 0.6) is 0 Å². The van der Waals surface area contributed by atoms with E-state index in [0.717, 1.165) is 16.8 Å². The van der Waals surface area contributed by atoms with Crippen molar-refractivity contribution in [3.05, 3.63) is 204 Å². The molecule has 7 N–H and O–H groups in total. The predicted molar refractivity (Wildman–Crippen MR) is 316 cm³/mol. The molecule has 5 atom stereocenters. The smallest absolute Gasteiger partial charge is 0.550 e. The van der Waals surface area contributed by atoms with Gasteiger partial charge < -0.3 is 65.1 Å². The van der Waals surface area contributed by atoms with Gasteiger partial charge in [0.1, 0.15) is 17.7 Å². The van der Waals surface area contributed by atoms with E-state index in [2.05, 4.69) is 10.6 Å². The van der Waals surface area contributed by atoms with Gasteiger partial charge in [-0.05, 0) is 126 Å². The van der Waals surface area contributed by atoms with Crippen molar-refractivity contribution in [2.24, 2.45) is 0 Å². The van der Waals surface area contributed by atoms with Crippen molar-refractivity contribution in [1.82, 2.24) is 9.13 Å². The van der Waals surface area contributed by atoms with Gasteiger partial charge in [0.05, 0.1) is 52.9 Å². The summed E-state index contributed by atoms with van der Waals surface area (Å²) in [5, 5.41) is 78.9. The Labute approximate surface area is 516 Å². The number of aliphatic hydroxyl groups is 5. The van der Waals surface area contributed by atoms with Gasteiger partial charge >= 0.3 is 37.7 Å². The molecule has 0 aliphatic rings. The molecular weight excluding hydrogens is 1100 g/mol. The SMILES string of the molecule is CC(C)c1c(C(=O)Nc2ccccc2)c(-c2ccccc2)c(-c2ccc(F)cc2)n1CC[C@@H](O)C[C@@H](O)C(O)C(=O)[O-].CC(C)c1c(C(=O)Nc2ccccc2)c(-c2ccccc2)c(-c2ccc(F)cc2)n1CC[C@@H](O)C[C@@H](O)CC(=O)[O-].[Ca+2]. The Morgan fingerprint density at radius 3 is 1.15 bits per heavy atom. The molecule has 0 aliphatic heterocycles. The monoisotopic (exact) mass is 1170 g/mol. The maximum absolute atomic E-state index is 14.1. The van der Waals surface area contributed by atoms with E-state index in [4.69, 9.17) is 0 Å². The Hall–Kier alpha value is -7.32. The normalized spacial score (nSPS) is 13.0. The van der Waals surface area contributed by atoms with Crippen molar-refractivity contribution in [3.63, 3.8) is 0 Å². The van der Waals surface area contributed by atoms with Crippen LogP contribution in [-0.4, -0.2) is 127 Å². The average molecular weight is 1170 g/mol. The van der Waals surface area contributed by atoms with Gasteiger partial charge in [-0.25, -0.2) is 8.78 Å². The molecule has 0 spiro atoms. The summed E-state index contributed by atoms with van der Waals surface area (Å²) in [5.74, 6) is -4.95. The van der Waals surface area contributed by atoms with Crippen molar-refractivity contribution < 1.29 is 63.7 Å². The molecule has 0 saturated heterocycles. The molecule has 0 radical (unpaired) electrons. The number of aliphatic hydroxyl groups excluding tert-OH is 5. The van der Waals surface area contributed by atoms with E-state index in [-0.39, 0.29) is 93.7 Å². The zero-order valence-corrected chi connectivity index (χ0v) is 49.4. The van der Waals surface area contributed by atoms with Crippen molar-refractivity contribution >= 4 is 72.9 Å². The Bertz CT molecular complexity index is 3440. The molecule has 8 rings (SSSR count). The first-order valence-corrected chi connectivity index (χ1v) is 27.4. The number of halogens is 2. The molecule has 0 bridgehead atoms. The van der Waals surface area contributed by atoms with Gasteiger partial charge in [-0.3, -0.25) is 9.59 Å². The van der Waals surface area contributed by atoms with Crippen LogP contribution in [-0.2, 0) is 22.7 Å². The van der Waals surface area contributed by atoms with Crippen molar-refractivity contribution in [2.75, 3.05) is 10.6 Å². The number of amides is 2. The number of carbonyl (C=O) groups is 4. The number of nitrogens with zero attached hydrogens (tertiary/aromatic N) is 2. The largest absolute Gasteiger partial charge is 2.00 e. The van der Waals surface area contributed by atoms with Crippen LogP contribution in [0, 0.1) is 11.6 Å². The fraction of sp³-hybridized carbons (Fsp3) is 0.273. The Morgan fingerprint density at radius 1 is 0.476 bits per heavy atom. The van der Waals surface area contributed by atoms with Gasteiger partial charge in [-0.15, -0.1) is 0 Å².